The number of thiocarbonyl (C=S) groups is 1. The molecule has 0 fully saturated rings. The van der Waals surface area contributed by atoms with Gasteiger partial charge in [-0.1, -0.05) is 77.7 Å². The summed E-state index contributed by atoms with van der Waals surface area (Å²) in [7, 11) is 2.48. The summed E-state index contributed by atoms with van der Waals surface area (Å²) >= 11 is 8.20. The summed E-state index contributed by atoms with van der Waals surface area (Å²) in [5, 5.41) is 0. The molecular weight excluding hydrogens is 571 g/mol. The Labute approximate surface area is 246 Å². The highest BCUT2D eigenvalue weighted by Gasteiger charge is 2.48. The smallest absolute Gasteiger partial charge is 0.346 e. The lowest BCUT2D eigenvalue weighted by molar-refractivity contribution is -0.153. The van der Waals surface area contributed by atoms with Gasteiger partial charge in [0.05, 0.1) is 34.5 Å². The topological polar surface area (TPSA) is 99.2 Å². The van der Waals surface area contributed by atoms with Gasteiger partial charge in [0, 0.05) is 23.6 Å². The molecule has 0 saturated heterocycles. The number of hydrogen-bond donors (Lipinski definition) is 0. The number of anilines is 1. The summed E-state index contributed by atoms with van der Waals surface area (Å²) in [6.07, 6.45) is -1.20. The Hall–Kier alpha value is -3.41. The number of ether oxygens (including phenoxy) is 3. The maximum Gasteiger partial charge on any atom is 0.346 e. The summed E-state index contributed by atoms with van der Waals surface area (Å²) in [5.41, 5.74) is 2.20. The second-order valence-corrected chi connectivity index (χ2v) is 12.2. The summed E-state index contributed by atoms with van der Waals surface area (Å²) in [5.74, 6) is -2.38. The summed E-state index contributed by atoms with van der Waals surface area (Å²) in [4.78, 5) is 53.6. The van der Waals surface area contributed by atoms with E-state index in [1.807, 2.05) is 45.0 Å². The quantitative estimate of drug-likeness (QED) is 0.190. The average Bonchev–Trinajstić information content (AvgIpc) is 3.37. The molecule has 1 amide bonds. The van der Waals surface area contributed by atoms with E-state index in [0.29, 0.717) is 31.5 Å². The average molecular weight is 598 g/mol. The van der Waals surface area contributed by atoms with Crippen LogP contribution in [0.4, 0.5) is 5.69 Å². The molecule has 2 aliphatic rings. The van der Waals surface area contributed by atoms with E-state index >= 15 is 0 Å². The van der Waals surface area contributed by atoms with E-state index in [4.69, 9.17) is 26.4 Å². The normalized spacial score (nSPS) is 16.9. The molecular formula is C29H27NO7S3. The molecule has 0 bridgehead atoms. The molecule has 0 spiro atoms. The van der Waals surface area contributed by atoms with Crippen LogP contribution in [0.15, 0.2) is 62.6 Å². The zero-order valence-corrected chi connectivity index (χ0v) is 25.2. The van der Waals surface area contributed by atoms with Gasteiger partial charge in [-0.2, -0.15) is 0 Å². The van der Waals surface area contributed by atoms with Gasteiger partial charge >= 0.3 is 17.9 Å². The SMILES string of the molecule is COC(=O)C1=C(C(=O)OC)SC(=C2C(=S)C(C)(C)N(C(=O)[C@H](OC(C)=O)c3ccccc3)c3ccc(C)cc32)S1. The number of benzene rings is 2. The fourth-order valence-corrected chi connectivity index (χ4v) is 7.53. The van der Waals surface area contributed by atoms with Crippen LogP contribution in [-0.2, 0) is 33.4 Å². The first kappa shape index (κ1) is 29.6. The molecule has 0 aromatic heterocycles. The van der Waals surface area contributed by atoms with E-state index in [1.54, 1.807) is 29.2 Å². The van der Waals surface area contributed by atoms with Gasteiger partial charge in [0.25, 0.3) is 5.91 Å². The fourth-order valence-electron chi connectivity index (χ4n) is 4.50. The van der Waals surface area contributed by atoms with E-state index < -0.39 is 35.5 Å². The number of hydrogen-bond acceptors (Lipinski definition) is 10. The molecule has 1 atom stereocenters. The van der Waals surface area contributed by atoms with Gasteiger partial charge in [-0.3, -0.25) is 14.5 Å². The van der Waals surface area contributed by atoms with Crippen molar-refractivity contribution in [1.29, 1.82) is 0 Å². The molecule has 11 heteroatoms. The molecule has 0 N–H and O–H groups in total. The van der Waals surface area contributed by atoms with Crippen molar-refractivity contribution in [2.24, 2.45) is 0 Å². The lowest BCUT2D eigenvalue weighted by Crippen LogP contribution is -2.57. The summed E-state index contributed by atoms with van der Waals surface area (Å²) < 4.78 is 16.0. The molecule has 2 aromatic carbocycles. The molecule has 0 aliphatic carbocycles. The van der Waals surface area contributed by atoms with Crippen molar-refractivity contribution < 1.29 is 33.4 Å². The number of rotatable bonds is 5. The second-order valence-electron chi connectivity index (χ2n) is 9.49. The zero-order valence-electron chi connectivity index (χ0n) is 22.7. The minimum atomic E-state index is -1.20. The van der Waals surface area contributed by atoms with Crippen LogP contribution < -0.4 is 4.90 Å². The minimum absolute atomic E-state index is 0.106. The predicted octanol–water partition coefficient (Wildman–Crippen LogP) is 5.50. The molecule has 2 aromatic rings. The van der Waals surface area contributed by atoms with Gasteiger partial charge < -0.3 is 14.2 Å². The lowest BCUT2D eigenvalue weighted by atomic mass is 9.82. The summed E-state index contributed by atoms with van der Waals surface area (Å²) in [6, 6.07) is 14.4. The van der Waals surface area contributed by atoms with Crippen molar-refractivity contribution in [1.82, 2.24) is 0 Å². The fraction of sp³-hybridized carbons (Fsp3) is 0.276. The molecule has 208 valence electrons. The lowest BCUT2D eigenvalue weighted by Gasteiger charge is -2.46. The Morgan fingerprint density at radius 3 is 2.02 bits per heavy atom. The molecule has 2 heterocycles. The standard InChI is InChI=1S/C29H27NO7S3/c1-15-12-13-19-18(14-15)20(28-39-22(26(33)35-5)23(40-28)27(34)36-6)24(38)29(3,4)30(19)25(32)21(37-16(2)31)17-10-8-7-9-11-17/h7-14,21H,1-6H3/t21-/m1/s1. The molecule has 4 rings (SSSR count). The van der Waals surface area contributed by atoms with Crippen molar-refractivity contribution in [3.63, 3.8) is 0 Å². The van der Waals surface area contributed by atoms with Gasteiger partial charge in [0.15, 0.2) is 0 Å². The van der Waals surface area contributed by atoms with E-state index in [2.05, 4.69) is 0 Å². The number of carbonyl (C=O) groups is 4. The van der Waals surface area contributed by atoms with Crippen LogP contribution in [0.25, 0.3) is 5.57 Å². The van der Waals surface area contributed by atoms with E-state index in [1.165, 1.54) is 21.1 Å². The molecule has 0 saturated carbocycles. The van der Waals surface area contributed by atoms with E-state index in [0.717, 1.165) is 29.1 Å². The number of fused-ring (bicyclic) bond motifs is 1. The molecule has 0 unspecified atom stereocenters. The predicted molar refractivity (Wildman–Crippen MR) is 159 cm³/mol. The van der Waals surface area contributed by atoms with Gasteiger partial charge in [0.2, 0.25) is 6.10 Å². The maximum absolute atomic E-state index is 14.3. The van der Waals surface area contributed by atoms with Crippen molar-refractivity contribution in [3.05, 3.63) is 79.3 Å². The molecule has 2 aliphatic heterocycles. The van der Waals surface area contributed by atoms with Crippen LogP contribution in [0.5, 0.6) is 0 Å². The number of methoxy groups -OCH3 is 2. The monoisotopic (exact) mass is 597 g/mol. The van der Waals surface area contributed by atoms with Crippen LogP contribution >= 0.6 is 35.7 Å². The van der Waals surface area contributed by atoms with Crippen LogP contribution in [0.2, 0.25) is 0 Å². The van der Waals surface area contributed by atoms with Crippen molar-refractivity contribution in [3.8, 4) is 0 Å². The highest BCUT2D eigenvalue weighted by Crippen LogP contribution is 2.56. The van der Waals surface area contributed by atoms with Crippen molar-refractivity contribution in [2.45, 2.75) is 39.3 Å². The zero-order chi connectivity index (χ0) is 29.4. The van der Waals surface area contributed by atoms with E-state index in [-0.39, 0.29) is 9.81 Å². The Kier molecular flexibility index (Phi) is 8.57. The van der Waals surface area contributed by atoms with Gasteiger partial charge in [-0.25, -0.2) is 9.59 Å². The van der Waals surface area contributed by atoms with Crippen LogP contribution in [0.1, 0.15) is 43.6 Å². The third kappa shape index (κ3) is 5.33. The number of aryl methyl sites for hydroxylation is 1. The third-order valence-corrected chi connectivity index (χ3v) is 9.64. The number of amides is 1. The Morgan fingerprint density at radius 2 is 1.50 bits per heavy atom. The van der Waals surface area contributed by atoms with Gasteiger partial charge in [-0.05, 0) is 32.9 Å². The van der Waals surface area contributed by atoms with Crippen LogP contribution in [-0.4, -0.2) is 48.4 Å². The summed E-state index contributed by atoms with van der Waals surface area (Å²) in [6.45, 7) is 6.80. The van der Waals surface area contributed by atoms with Crippen molar-refractivity contribution >= 4 is 75.7 Å². The van der Waals surface area contributed by atoms with Gasteiger partial charge in [0.1, 0.15) is 9.81 Å². The first-order valence-electron chi connectivity index (χ1n) is 12.1. The maximum atomic E-state index is 14.3. The highest BCUT2D eigenvalue weighted by atomic mass is 32.2. The Morgan fingerprint density at radius 1 is 0.925 bits per heavy atom. The first-order valence-corrected chi connectivity index (χ1v) is 14.2. The number of nitrogens with zero attached hydrogens (tertiary/aromatic N) is 1. The first-order chi connectivity index (χ1) is 18.9. The Balaban J connectivity index is 1.91. The Bertz CT molecular complexity index is 1460. The largest absolute Gasteiger partial charge is 0.465 e. The number of carbonyl (C=O) groups excluding carboxylic acids is 4. The third-order valence-electron chi connectivity index (χ3n) is 6.38. The van der Waals surface area contributed by atoms with E-state index in [9.17, 15) is 19.2 Å². The highest BCUT2D eigenvalue weighted by molar-refractivity contribution is 8.29. The van der Waals surface area contributed by atoms with Crippen LogP contribution in [0.3, 0.4) is 0 Å². The molecule has 8 nitrogen and oxygen atoms in total. The second kappa shape index (κ2) is 11.6. The number of esters is 3. The van der Waals surface area contributed by atoms with Gasteiger partial charge in [-0.15, -0.1) is 0 Å². The van der Waals surface area contributed by atoms with Crippen LogP contribution in [0, 0.1) is 6.92 Å². The molecule has 40 heavy (non-hydrogen) atoms. The molecule has 0 radical (unpaired) electrons. The van der Waals surface area contributed by atoms with Crippen molar-refractivity contribution in [2.75, 3.05) is 19.1 Å². The minimum Gasteiger partial charge on any atom is -0.465 e. The number of thioether (sulfide) groups is 2.